The van der Waals surface area contributed by atoms with Gasteiger partial charge >= 0.3 is 0 Å². The zero-order valence-electron chi connectivity index (χ0n) is 27.3. The molecule has 0 aliphatic rings. The maximum Gasteiger partial charge on any atom is 0.189 e. The second-order valence-corrected chi connectivity index (χ2v) is 13.3. The van der Waals surface area contributed by atoms with Gasteiger partial charge < -0.3 is 0 Å². The number of fused-ring (bicyclic) bond motifs is 3. The van der Waals surface area contributed by atoms with Crippen LogP contribution in [0.3, 0.4) is 0 Å². The van der Waals surface area contributed by atoms with Gasteiger partial charge in [0.25, 0.3) is 0 Å². The van der Waals surface area contributed by atoms with Gasteiger partial charge in [0.1, 0.15) is 12.1 Å². The summed E-state index contributed by atoms with van der Waals surface area (Å²) in [6, 6.07) is 54.0. The lowest BCUT2D eigenvalue weighted by Crippen LogP contribution is -2.02. The van der Waals surface area contributed by atoms with Gasteiger partial charge in [-0.3, -0.25) is 9.13 Å². The number of nitrogens with zero attached hydrogens (tertiary/aromatic N) is 6. The minimum atomic E-state index is 0.535. The van der Waals surface area contributed by atoms with Gasteiger partial charge in [-0.15, -0.1) is 10.2 Å². The largest absolute Gasteiger partial charge is 0.294 e. The first-order valence-electron chi connectivity index (χ1n) is 16.5. The molecule has 0 amide bonds. The Labute approximate surface area is 299 Å². The highest BCUT2D eigenvalue weighted by Crippen LogP contribution is 2.41. The summed E-state index contributed by atoms with van der Waals surface area (Å²) in [7, 11) is 0. The van der Waals surface area contributed by atoms with Crippen molar-refractivity contribution in [3.05, 3.63) is 182 Å². The van der Waals surface area contributed by atoms with Crippen molar-refractivity contribution in [2.24, 2.45) is 0 Å². The zero-order chi connectivity index (χ0) is 34.1. The molecule has 6 aromatic carbocycles. The minimum absolute atomic E-state index is 0.535. The lowest BCUT2D eigenvalue weighted by molar-refractivity contribution is 1.07. The third kappa shape index (κ3) is 5.54. The van der Waals surface area contributed by atoms with Crippen molar-refractivity contribution in [3.8, 4) is 45.1 Å². The summed E-state index contributed by atoms with van der Waals surface area (Å²) < 4.78 is 4.27. The number of hydrogen-bond acceptors (Lipinski definition) is 4. The molecule has 0 unspecified atom stereocenters. The quantitative estimate of drug-likeness (QED) is 0.158. The van der Waals surface area contributed by atoms with Crippen molar-refractivity contribution in [1.82, 2.24) is 24.3 Å². The van der Waals surface area contributed by atoms with Crippen molar-refractivity contribution in [1.29, 1.82) is 0 Å². The number of aromatic nitrogens is 5. The molecule has 0 saturated carbocycles. The molecule has 0 radical (unpaired) electrons. The summed E-state index contributed by atoms with van der Waals surface area (Å²) in [5.74, 6) is 1.53. The maximum absolute atomic E-state index is 8.01. The number of para-hydroxylation sites is 2. The van der Waals surface area contributed by atoms with E-state index in [1.165, 1.54) is 5.39 Å². The van der Waals surface area contributed by atoms with Crippen LogP contribution in [0.25, 0.3) is 71.8 Å². The fourth-order valence-electron chi connectivity index (χ4n) is 6.82. The van der Waals surface area contributed by atoms with Crippen LogP contribution in [-0.2, 0) is 0 Å². The molecule has 0 fully saturated rings. The van der Waals surface area contributed by atoms with Crippen molar-refractivity contribution in [2.45, 2.75) is 9.79 Å². The molecule has 3 aromatic heterocycles. The van der Waals surface area contributed by atoms with E-state index in [4.69, 9.17) is 6.57 Å². The van der Waals surface area contributed by atoms with E-state index in [2.05, 4.69) is 144 Å². The van der Waals surface area contributed by atoms with Crippen LogP contribution in [0.1, 0.15) is 0 Å². The second kappa shape index (κ2) is 12.9. The van der Waals surface area contributed by atoms with Crippen molar-refractivity contribution >= 4 is 39.3 Å². The van der Waals surface area contributed by atoms with E-state index in [1.54, 1.807) is 18.1 Å². The van der Waals surface area contributed by atoms with E-state index in [0.29, 0.717) is 11.5 Å². The first-order chi connectivity index (χ1) is 25.2. The van der Waals surface area contributed by atoms with E-state index in [1.807, 2.05) is 48.7 Å². The molecule has 0 spiro atoms. The molecule has 0 bridgehead atoms. The van der Waals surface area contributed by atoms with Crippen molar-refractivity contribution in [2.75, 3.05) is 0 Å². The fraction of sp³-hybridized carbons (Fsp3) is 0. The molecule has 0 aliphatic carbocycles. The van der Waals surface area contributed by atoms with E-state index in [-0.39, 0.29) is 0 Å². The summed E-state index contributed by atoms with van der Waals surface area (Å²) in [4.78, 5) is 10.6. The fourth-order valence-corrected chi connectivity index (χ4v) is 7.76. The predicted octanol–water partition coefficient (Wildman–Crippen LogP) is 11.5. The monoisotopic (exact) mass is 672 g/mol. The van der Waals surface area contributed by atoms with Gasteiger partial charge in [-0.2, -0.15) is 0 Å². The molecular formula is C44H28N6S. The molecule has 0 N–H and O–H groups in total. The normalized spacial score (nSPS) is 11.2. The number of hydrogen-bond donors (Lipinski definition) is 0. The SMILES string of the molecule is [C-]#[N+]c1cc(Sc2ccc3c4ccccc4n(-c4ccccn4)c3c2)cc(-c2nncn2-c2c(-c3ccccc3)cccc2-c2ccccc2)c1. The Balaban J connectivity index is 1.17. The van der Waals surface area contributed by atoms with Gasteiger partial charge in [-0.25, -0.2) is 9.83 Å². The second-order valence-electron chi connectivity index (χ2n) is 12.1. The first kappa shape index (κ1) is 30.3. The zero-order valence-corrected chi connectivity index (χ0v) is 28.1. The molecule has 51 heavy (non-hydrogen) atoms. The molecule has 9 aromatic rings. The molecule has 0 aliphatic heterocycles. The molecule has 3 heterocycles. The van der Waals surface area contributed by atoms with Gasteiger partial charge in [0.2, 0.25) is 0 Å². The van der Waals surface area contributed by atoms with Gasteiger partial charge in [0.05, 0.1) is 23.3 Å². The Morgan fingerprint density at radius 1 is 0.569 bits per heavy atom. The average Bonchev–Trinajstić information content (AvgIpc) is 3.81. The molecule has 240 valence electrons. The van der Waals surface area contributed by atoms with E-state index < -0.39 is 0 Å². The van der Waals surface area contributed by atoms with Gasteiger partial charge in [0, 0.05) is 43.5 Å². The van der Waals surface area contributed by atoms with Crippen LogP contribution in [0, 0.1) is 6.57 Å². The Bertz CT molecular complexity index is 2670. The first-order valence-corrected chi connectivity index (χ1v) is 17.4. The summed E-state index contributed by atoms with van der Waals surface area (Å²) in [6.45, 7) is 8.01. The molecule has 6 nitrogen and oxygen atoms in total. The molecule has 0 atom stereocenters. The summed E-state index contributed by atoms with van der Waals surface area (Å²) in [5.41, 5.74) is 8.81. The van der Waals surface area contributed by atoms with Crippen LogP contribution in [0.5, 0.6) is 0 Å². The highest BCUT2D eigenvalue weighted by atomic mass is 32.2. The van der Waals surface area contributed by atoms with Gasteiger partial charge in [0.15, 0.2) is 11.5 Å². The average molecular weight is 673 g/mol. The Morgan fingerprint density at radius 3 is 2.00 bits per heavy atom. The topological polar surface area (TPSA) is 52.9 Å². The highest BCUT2D eigenvalue weighted by molar-refractivity contribution is 7.99. The van der Waals surface area contributed by atoms with E-state index in [0.717, 1.165) is 65.5 Å². The molecular weight excluding hydrogens is 645 g/mol. The van der Waals surface area contributed by atoms with Crippen LogP contribution in [0.4, 0.5) is 5.69 Å². The molecule has 9 rings (SSSR count). The lowest BCUT2D eigenvalue weighted by Gasteiger charge is -2.18. The highest BCUT2D eigenvalue weighted by Gasteiger charge is 2.20. The number of pyridine rings is 1. The van der Waals surface area contributed by atoms with Crippen LogP contribution in [0.15, 0.2) is 180 Å². The van der Waals surface area contributed by atoms with Crippen LogP contribution in [-0.4, -0.2) is 24.3 Å². The lowest BCUT2D eigenvalue weighted by atomic mass is 9.95. The smallest absolute Gasteiger partial charge is 0.189 e. The van der Waals surface area contributed by atoms with Crippen molar-refractivity contribution in [3.63, 3.8) is 0 Å². The summed E-state index contributed by atoms with van der Waals surface area (Å²) in [5, 5.41) is 11.4. The standard InChI is InChI=1S/C44H28N6S/c1-45-33-25-32(44-48-47-29-49(44)43-36(30-13-4-2-5-14-30)18-12-19-37(43)31-15-6-3-7-16-31)26-35(27-33)51-34-22-23-39-38-17-8-9-20-40(38)50(41(39)28-34)42-21-10-11-24-46-42/h2-29H. The number of benzene rings is 6. The van der Waals surface area contributed by atoms with E-state index in [9.17, 15) is 0 Å². The van der Waals surface area contributed by atoms with Gasteiger partial charge in [-0.1, -0.05) is 121 Å². The summed E-state index contributed by atoms with van der Waals surface area (Å²) in [6.07, 6.45) is 3.59. The third-order valence-corrected chi connectivity index (χ3v) is 9.99. The molecule has 7 heteroatoms. The Hall–Kier alpha value is -6.75. The summed E-state index contributed by atoms with van der Waals surface area (Å²) >= 11 is 1.62. The van der Waals surface area contributed by atoms with Gasteiger partial charge in [-0.05, 0) is 59.7 Å². The van der Waals surface area contributed by atoms with Crippen molar-refractivity contribution < 1.29 is 0 Å². The van der Waals surface area contributed by atoms with E-state index >= 15 is 0 Å². The Kier molecular flexibility index (Phi) is 7.69. The third-order valence-electron chi connectivity index (χ3n) is 9.03. The predicted molar refractivity (Wildman–Crippen MR) is 207 cm³/mol. The van der Waals surface area contributed by atoms with Crippen LogP contribution < -0.4 is 0 Å². The van der Waals surface area contributed by atoms with Crippen LogP contribution >= 0.6 is 11.8 Å². The number of rotatable bonds is 7. The molecule has 0 saturated heterocycles. The Morgan fingerprint density at radius 2 is 1.27 bits per heavy atom. The minimum Gasteiger partial charge on any atom is -0.294 e. The van der Waals surface area contributed by atoms with Crippen LogP contribution in [0.2, 0.25) is 0 Å². The maximum atomic E-state index is 8.01.